The number of nitrogens with zero attached hydrogens (tertiary/aromatic N) is 1. The van der Waals surface area contributed by atoms with Crippen LogP contribution in [0, 0.1) is 11.8 Å². The molecule has 0 saturated heterocycles. The molecule has 0 aliphatic carbocycles. The number of carbonyl (C=O) groups excluding carboxylic acids is 3. The molecule has 0 saturated carbocycles. The van der Waals surface area contributed by atoms with Crippen molar-refractivity contribution >= 4 is 17.8 Å². The second-order valence-corrected chi connectivity index (χ2v) is 15.9. The third-order valence-electron chi connectivity index (χ3n) is 10.9. The maximum Gasteiger partial charge on any atom is 0.308 e. The van der Waals surface area contributed by atoms with Crippen molar-refractivity contribution in [2.24, 2.45) is 11.8 Å². The molecule has 6 heteroatoms. The molecule has 0 aromatic heterocycles. The van der Waals surface area contributed by atoms with Crippen molar-refractivity contribution in [3.63, 3.8) is 0 Å². The quantitative estimate of drug-likeness (QED) is 0.0463. The first-order valence-electron chi connectivity index (χ1n) is 23.0. The molecule has 52 heavy (non-hydrogen) atoms. The molecular weight excluding hydrogens is 647 g/mol. The summed E-state index contributed by atoms with van der Waals surface area (Å²) in [5.74, 6) is -0.404. The topological polar surface area (TPSA) is 72.9 Å². The minimum absolute atomic E-state index is 0.0531. The van der Waals surface area contributed by atoms with E-state index in [2.05, 4.69) is 27.7 Å². The van der Waals surface area contributed by atoms with Crippen LogP contribution in [0.1, 0.15) is 240 Å². The van der Waals surface area contributed by atoms with E-state index in [1.165, 1.54) is 161 Å². The predicted molar refractivity (Wildman–Crippen MR) is 222 cm³/mol. The van der Waals surface area contributed by atoms with Crippen LogP contribution in [0.2, 0.25) is 0 Å². The average molecular weight is 736 g/mol. The summed E-state index contributed by atoms with van der Waals surface area (Å²) < 4.78 is 11.6. The van der Waals surface area contributed by atoms with Crippen molar-refractivity contribution < 1.29 is 23.9 Å². The molecule has 0 spiro atoms. The molecule has 0 fully saturated rings. The van der Waals surface area contributed by atoms with Gasteiger partial charge in [0.25, 0.3) is 0 Å². The van der Waals surface area contributed by atoms with E-state index in [0.29, 0.717) is 13.1 Å². The SMILES string of the molecule is CCCCCCCCCC(CCCCCCCCC)C(=O)OCCN(CCOC(=O)C(CCCCCCCCC)CCCCCCCCC)C(C)=O. The fourth-order valence-electron chi connectivity index (χ4n) is 7.33. The number of amides is 1. The highest BCUT2D eigenvalue weighted by molar-refractivity contribution is 5.74. The normalized spacial score (nSPS) is 11.4. The van der Waals surface area contributed by atoms with Crippen molar-refractivity contribution in [1.29, 1.82) is 0 Å². The summed E-state index contributed by atoms with van der Waals surface area (Å²) in [6.07, 6.45) is 38.3. The summed E-state index contributed by atoms with van der Waals surface area (Å²) in [6.45, 7) is 11.6. The van der Waals surface area contributed by atoms with Crippen molar-refractivity contribution in [2.75, 3.05) is 26.3 Å². The lowest BCUT2D eigenvalue weighted by molar-refractivity contribution is -0.152. The smallest absolute Gasteiger partial charge is 0.308 e. The second-order valence-electron chi connectivity index (χ2n) is 15.9. The zero-order valence-corrected chi connectivity index (χ0v) is 35.6. The maximum atomic E-state index is 13.2. The van der Waals surface area contributed by atoms with E-state index < -0.39 is 0 Å². The van der Waals surface area contributed by atoms with E-state index in [9.17, 15) is 14.4 Å². The third kappa shape index (κ3) is 31.9. The molecule has 0 aliphatic rings. The number of rotatable bonds is 40. The van der Waals surface area contributed by atoms with Gasteiger partial charge in [-0.2, -0.15) is 0 Å². The maximum absolute atomic E-state index is 13.2. The Kier molecular flexibility index (Phi) is 37.9. The van der Waals surface area contributed by atoms with Crippen LogP contribution >= 0.6 is 0 Å². The summed E-state index contributed by atoms with van der Waals surface area (Å²) >= 11 is 0. The Labute approximate surface area is 324 Å². The molecule has 0 unspecified atom stereocenters. The molecule has 0 aromatic rings. The monoisotopic (exact) mass is 736 g/mol. The minimum atomic E-state index is -0.106. The number of carbonyl (C=O) groups is 3. The van der Waals surface area contributed by atoms with Crippen LogP contribution in [-0.4, -0.2) is 49.0 Å². The van der Waals surface area contributed by atoms with E-state index in [1.54, 1.807) is 4.90 Å². The minimum Gasteiger partial charge on any atom is -0.464 e. The molecule has 308 valence electrons. The summed E-state index contributed by atoms with van der Waals surface area (Å²) in [7, 11) is 0. The molecule has 6 nitrogen and oxygen atoms in total. The molecule has 0 rings (SSSR count). The highest BCUT2D eigenvalue weighted by atomic mass is 16.5. The van der Waals surface area contributed by atoms with Gasteiger partial charge in [-0.05, 0) is 25.7 Å². The van der Waals surface area contributed by atoms with E-state index in [4.69, 9.17) is 9.47 Å². The summed E-state index contributed by atoms with van der Waals surface area (Å²) in [4.78, 5) is 40.6. The van der Waals surface area contributed by atoms with Gasteiger partial charge < -0.3 is 14.4 Å². The van der Waals surface area contributed by atoms with Crippen LogP contribution < -0.4 is 0 Å². The van der Waals surface area contributed by atoms with Crippen LogP contribution in [0.15, 0.2) is 0 Å². The number of esters is 2. The van der Waals surface area contributed by atoms with Gasteiger partial charge in [0, 0.05) is 6.92 Å². The molecule has 0 radical (unpaired) electrons. The van der Waals surface area contributed by atoms with E-state index in [0.717, 1.165) is 51.4 Å². The Bertz CT molecular complexity index is 708. The first-order valence-corrected chi connectivity index (χ1v) is 23.0. The van der Waals surface area contributed by atoms with Crippen LogP contribution in [0.3, 0.4) is 0 Å². The zero-order valence-electron chi connectivity index (χ0n) is 35.6. The number of hydrogen-bond acceptors (Lipinski definition) is 5. The van der Waals surface area contributed by atoms with Crippen molar-refractivity contribution in [1.82, 2.24) is 4.90 Å². The van der Waals surface area contributed by atoms with Gasteiger partial charge in [0.2, 0.25) is 5.91 Å². The fourth-order valence-corrected chi connectivity index (χ4v) is 7.33. The average Bonchev–Trinajstić information content (AvgIpc) is 3.13. The lowest BCUT2D eigenvalue weighted by atomic mass is 9.94. The summed E-state index contributed by atoms with van der Waals surface area (Å²) in [5.41, 5.74) is 0. The Morgan fingerprint density at radius 3 is 0.846 bits per heavy atom. The number of ether oxygens (including phenoxy) is 2. The van der Waals surface area contributed by atoms with Gasteiger partial charge in [-0.1, -0.05) is 207 Å². The van der Waals surface area contributed by atoms with Crippen molar-refractivity contribution in [3.8, 4) is 0 Å². The van der Waals surface area contributed by atoms with Crippen LogP contribution in [0.4, 0.5) is 0 Å². The van der Waals surface area contributed by atoms with Crippen molar-refractivity contribution in [2.45, 2.75) is 240 Å². The zero-order chi connectivity index (χ0) is 38.3. The van der Waals surface area contributed by atoms with E-state index >= 15 is 0 Å². The third-order valence-corrected chi connectivity index (χ3v) is 10.9. The Morgan fingerprint density at radius 1 is 0.385 bits per heavy atom. The van der Waals surface area contributed by atoms with Gasteiger partial charge in [0.1, 0.15) is 13.2 Å². The standard InChI is InChI=1S/C46H89NO5/c1-6-10-14-18-22-26-30-34-43(35-31-27-23-19-15-11-7-2)45(49)51-40-38-47(42(5)48)39-41-52-46(50)44(36-32-28-24-20-16-12-8-3)37-33-29-25-21-17-13-9-4/h43-44H,6-41H2,1-5H3. The first-order chi connectivity index (χ1) is 25.4. The Hall–Kier alpha value is -1.59. The lowest BCUT2D eigenvalue weighted by Gasteiger charge is -2.23. The van der Waals surface area contributed by atoms with Crippen molar-refractivity contribution in [3.05, 3.63) is 0 Å². The molecule has 0 aromatic carbocycles. The fraction of sp³-hybridized carbons (Fsp3) is 0.935. The molecule has 0 heterocycles. The summed E-state index contributed by atoms with van der Waals surface area (Å²) in [6, 6.07) is 0. The number of unbranched alkanes of at least 4 members (excludes halogenated alkanes) is 24. The van der Waals surface area contributed by atoms with Gasteiger partial charge in [-0.15, -0.1) is 0 Å². The van der Waals surface area contributed by atoms with Gasteiger partial charge in [0.15, 0.2) is 0 Å². The number of hydrogen-bond donors (Lipinski definition) is 0. The highest BCUT2D eigenvalue weighted by Gasteiger charge is 2.22. The Morgan fingerprint density at radius 2 is 0.615 bits per heavy atom. The van der Waals surface area contributed by atoms with Gasteiger partial charge in [0.05, 0.1) is 24.9 Å². The Balaban J connectivity index is 4.83. The summed E-state index contributed by atoms with van der Waals surface area (Å²) in [5, 5.41) is 0. The predicted octanol–water partition coefficient (Wildman–Crippen LogP) is 13.7. The second kappa shape index (κ2) is 39.1. The highest BCUT2D eigenvalue weighted by Crippen LogP contribution is 2.23. The van der Waals surface area contributed by atoms with Crippen LogP contribution in [0.5, 0.6) is 0 Å². The van der Waals surface area contributed by atoms with Gasteiger partial charge in [-0.3, -0.25) is 14.4 Å². The molecule has 1 amide bonds. The van der Waals surface area contributed by atoms with E-state index in [-0.39, 0.29) is 42.9 Å². The molecule has 0 atom stereocenters. The van der Waals surface area contributed by atoms with Crippen LogP contribution in [0.25, 0.3) is 0 Å². The first kappa shape index (κ1) is 50.4. The molecule has 0 aliphatic heterocycles. The van der Waals surface area contributed by atoms with Gasteiger partial charge >= 0.3 is 11.9 Å². The van der Waals surface area contributed by atoms with Crippen LogP contribution in [-0.2, 0) is 23.9 Å². The molecule has 0 bridgehead atoms. The van der Waals surface area contributed by atoms with Gasteiger partial charge in [-0.25, -0.2) is 0 Å². The largest absolute Gasteiger partial charge is 0.464 e. The van der Waals surface area contributed by atoms with E-state index in [1.807, 2.05) is 0 Å². The molecular formula is C46H89NO5. The lowest BCUT2D eigenvalue weighted by Crippen LogP contribution is -2.36. The molecule has 0 N–H and O–H groups in total.